The van der Waals surface area contributed by atoms with Gasteiger partial charge in [-0.3, -0.25) is 0 Å². The van der Waals surface area contributed by atoms with Crippen molar-refractivity contribution in [1.29, 1.82) is 0 Å². The molecule has 2 aromatic heterocycles. The fraction of sp³-hybridized carbons (Fsp3) is 0.375. The number of nitrogens with zero attached hydrogens (tertiary/aromatic N) is 4. The van der Waals surface area contributed by atoms with Crippen molar-refractivity contribution in [3.63, 3.8) is 0 Å². The van der Waals surface area contributed by atoms with E-state index in [0.29, 0.717) is 22.4 Å². The molecule has 14 heteroatoms. The Morgan fingerprint density at radius 1 is 0.933 bits per heavy atom. The predicted octanol–water partition coefficient (Wildman–Crippen LogP) is 4.70. The van der Waals surface area contributed by atoms with Gasteiger partial charge in [0.05, 0.1) is 0 Å². The molecular weight excluding hydrogens is 442 g/mol. The molecule has 0 fully saturated rings. The van der Waals surface area contributed by atoms with Crippen LogP contribution < -0.4 is 9.47 Å². The van der Waals surface area contributed by atoms with E-state index in [1.807, 2.05) is 0 Å². The second-order valence-corrected chi connectivity index (χ2v) is 6.87. The number of ether oxygens (including phenoxy) is 2. The first-order chi connectivity index (χ1) is 13.9. The molecule has 0 radical (unpaired) electrons. The Morgan fingerprint density at radius 3 is 2.10 bits per heavy atom. The zero-order valence-electron chi connectivity index (χ0n) is 15.3. The zero-order valence-corrected chi connectivity index (χ0v) is 16.1. The summed E-state index contributed by atoms with van der Waals surface area (Å²) in [5.74, 6) is -1.23. The third-order valence-electron chi connectivity index (χ3n) is 3.59. The van der Waals surface area contributed by atoms with Crippen LogP contribution in [-0.2, 0) is 12.4 Å². The third-order valence-corrected chi connectivity index (χ3v) is 4.47. The molecule has 3 rings (SSSR count). The molecule has 0 spiro atoms. The van der Waals surface area contributed by atoms with Crippen molar-refractivity contribution < 1.29 is 40.3 Å². The van der Waals surface area contributed by atoms with Gasteiger partial charge in [0.15, 0.2) is 0 Å². The summed E-state index contributed by atoms with van der Waals surface area (Å²) < 4.78 is 90.1. The lowest BCUT2D eigenvalue weighted by Crippen LogP contribution is -2.10. The van der Waals surface area contributed by atoms with Gasteiger partial charge in [-0.25, -0.2) is 0 Å². The van der Waals surface area contributed by atoms with Gasteiger partial charge in [0.25, 0.3) is 5.19 Å². The summed E-state index contributed by atoms with van der Waals surface area (Å²) in [6.07, 6.45) is -9.34. The van der Waals surface area contributed by atoms with Crippen molar-refractivity contribution in [2.45, 2.75) is 26.2 Å². The molecule has 1 aromatic carbocycles. The molecule has 0 atom stereocenters. The van der Waals surface area contributed by atoms with Gasteiger partial charge in [0.1, 0.15) is 19.0 Å². The summed E-state index contributed by atoms with van der Waals surface area (Å²) in [6.45, 7) is 3.23. The lowest BCUT2D eigenvalue weighted by Gasteiger charge is -2.13. The van der Waals surface area contributed by atoms with E-state index in [4.69, 9.17) is 9.47 Å². The van der Waals surface area contributed by atoms with E-state index in [1.54, 1.807) is 13.8 Å². The summed E-state index contributed by atoms with van der Waals surface area (Å²) in [6, 6.07) is 3.04. The van der Waals surface area contributed by atoms with E-state index >= 15 is 0 Å². The number of aryl methyl sites for hydroxylation is 2. The van der Waals surface area contributed by atoms with Crippen LogP contribution in [0.25, 0.3) is 11.4 Å². The molecule has 0 unspecified atom stereocenters. The number of halogens is 6. The Balaban J connectivity index is 1.62. The summed E-state index contributed by atoms with van der Waals surface area (Å²) in [5, 5.41) is 8.27. The molecule has 0 N–H and O–H groups in total. The van der Waals surface area contributed by atoms with E-state index in [0.717, 1.165) is 0 Å². The van der Waals surface area contributed by atoms with Gasteiger partial charge in [0.2, 0.25) is 10.8 Å². The lowest BCUT2D eigenvalue weighted by atomic mass is 10.1. The van der Waals surface area contributed by atoms with Gasteiger partial charge in [-0.05, 0) is 37.1 Å². The van der Waals surface area contributed by atoms with Gasteiger partial charge < -0.3 is 14.0 Å². The molecule has 7 nitrogen and oxygen atoms in total. The molecule has 0 aliphatic heterocycles. The number of hydrogen-bond acceptors (Lipinski definition) is 8. The highest BCUT2D eigenvalue weighted by molar-refractivity contribution is 7.13. The van der Waals surface area contributed by atoms with Gasteiger partial charge in [-0.2, -0.15) is 31.3 Å². The van der Waals surface area contributed by atoms with E-state index in [1.165, 1.54) is 12.1 Å². The molecule has 2 heterocycles. The van der Waals surface area contributed by atoms with Crippen molar-refractivity contribution >= 4 is 11.3 Å². The predicted molar refractivity (Wildman–Crippen MR) is 90.1 cm³/mol. The number of alkyl halides is 6. The van der Waals surface area contributed by atoms with Crippen LogP contribution in [0.15, 0.2) is 16.7 Å². The summed E-state index contributed by atoms with van der Waals surface area (Å²) in [5.41, 5.74) is 1.47. The van der Waals surface area contributed by atoms with Crippen LogP contribution in [0, 0.1) is 13.8 Å². The highest BCUT2D eigenvalue weighted by Crippen LogP contribution is 2.34. The van der Waals surface area contributed by atoms with Crippen LogP contribution in [0.2, 0.25) is 0 Å². The van der Waals surface area contributed by atoms with E-state index in [2.05, 4.69) is 24.9 Å². The normalized spacial score (nSPS) is 12.3. The standard InChI is InChI=1S/C16H12F6N4O3S/c1-7-5-9(11-23-12(29-26-11)15(17,18)19)6-8(2)10(7)27-3-4-28-14-25-24-13(30-14)16(20,21)22/h5-6H,3-4H2,1-2H3. The Labute approximate surface area is 168 Å². The minimum Gasteiger partial charge on any atom is -0.489 e. The molecule has 3 aromatic rings. The van der Waals surface area contributed by atoms with Crippen molar-refractivity contribution in [1.82, 2.24) is 20.3 Å². The second-order valence-electron chi connectivity index (χ2n) is 5.93. The Morgan fingerprint density at radius 2 is 1.57 bits per heavy atom. The average molecular weight is 454 g/mol. The molecule has 0 saturated heterocycles. The van der Waals surface area contributed by atoms with Gasteiger partial charge in [-0.15, -0.1) is 5.10 Å². The van der Waals surface area contributed by atoms with E-state index in [-0.39, 0.29) is 35.6 Å². The monoisotopic (exact) mass is 454 g/mol. The van der Waals surface area contributed by atoms with Gasteiger partial charge in [0, 0.05) is 5.56 Å². The Bertz CT molecular complexity index is 1010. The molecule has 0 bridgehead atoms. The topological polar surface area (TPSA) is 83.2 Å². The highest BCUT2D eigenvalue weighted by Gasteiger charge is 2.38. The first-order valence-electron chi connectivity index (χ1n) is 8.14. The van der Waals surface area contributed by atoms with Crippen molar-refractivity contribution in [2.75, 3.05) is 13.2 Å². The molecule has 0 saturated carbocycles. The zero-order chi connectivity index (χ0) is 22.1. The van der Waals surface area contributed by atoms with Crippen molar-refractivity contribution in [2.24, 2.45) is 0 Å². The first-order valence-corrected chi connectivity index (χ1v) is 8.95. The van der Waals surface area contributed by atoms with Crippen LogP contribution in [0.1, 0.15) is 22.0 Å². The first kappa shape index (κ1) is 21.8. The minimum atomic E-state index is -4.74. The van der Waals surface area contributed by atoms with Crippen LogP contribution in [0.3, 0.4) is 0 Å². The fourth-order valence-corrected chi connectivity index (χ4v) is 3.00. The van der Waals surface area contributed by atoms with Crippen LogP contribution in [0.4, 0.5) is 26.3 Å². The van der Waals surface area contributed by atoms with E-state index < -0.39 is 23.3 Å². The Kier molecular flexibility index (Phi) is 5.87. The van der Waals surface area contributed by atoms with Crippen LogP contribution in [0.5, 0.6) is 10.9 Å². The second kappa shape index (κ2) is 8.08. The minimum absolute atomic E-state index is 0.0115. The average Bonchev–Trinajstić information content (AvgIpc) is 3.29. The van der Waals surface area contributed by atoms with Crippen molar-refractivity contribution in [3.05, 3.63) is 34.2 Å². The highest BCUT2D eigenvalue weighted by atomic mass is 32.1. The van der Waals surface area contributed by atoms with Gasteiger partial charge in [-0.1, -0.05) is 21.6 Å². The molecule has 162 valence electrons. The maximum atomic E-state index is 12.6. The maximum absolute atomic E-state index is 12.6. The lowest BCUT2D eigenvalue weighted by molar-refractivity contribution is -0.159. The SMILES string of the molecule is Cc1cc(-c2noc(C(F)(F)F)n2)cc(C)c1OCCOc1nnc(C(F)(F)F)s1. The maximum Gasteiger partial charge on any atom is 0.471 e. The summed E-state index contributed by atoms with van der Waals surface area (Å²) in [4.78, 5) is 3.34. The molecule has 0 aliphatic carbocycles. The van der Waals surface area contributed by atoms with E-state index in [9.17, 15) is 26.3 Å². The van der Waals surface area contributed by atoms with Crippen molar-refractivity contribution in [3.8, 4) is 22.3 Å². The smallest absolute Gasteiger partial charge is 0.471 e. The Hall–Kier alpha value is -2.90. The molecular formula is C16H12F6N4O3S. The van der Waals surface area contributed by atoms with Crippen LogP contribution >= 0.6 is 11.3 Å². The third kappa shape index (κ3) is 4.98. The quantitative estimate of drug-likeness (QED) is 0.394. The van der Waals surface area contributed by atoms with Crippen LogP contribution in [-0.4, -0.2) is 33.6 Å². The number of benzene rings is 1. The molecule has 30 heavy (non-hydrogen) atoms. The number of aromatic nitrogens is 4. The molecule has 0 aliphatic rings. The van der Waals surface area contributed by atoms with Gasteiger partial charge >= 0.3 is 18.2 Å². The summed E-state index contributed by atoms with van der Waals surface area (Å²) >= 11 is 0.268. The number of hydrogen-bond donors (Lipinski definition) is 0. The fourth-order valence-electron chi connectivity index (χ4n) is 2.42. The largest absolute Gasteiger partial charge is 0.489 e. The molecule has 0 amide bonds. The summed E-state index contributed by atoms with van der Waals surface area (Å²) in [7, 11) is 0. The number of rotatable bonds is 6.